The fraction of sp³-hybridized carbons (Fsp3) is 0.238. The average Bonchev–Trinajstić information content (AvgIpc) is 2.63. The number of hydrogen-bond acceptors (Lipinski definition) is 6. The van der Waals surface area contributed by atoms with Gasteiger partial charge in [-0.25, -0.2) is 9.97 Å². The molecule has 6 heteroatoms. The van der Waals surface area contributed by atoms with Crippen LogP contribution in [-0.4, -0.2) is 23.2 Å². The van der Waals surface area contributed by atoms with Crippen molar-refractivity contribution in [1.82, 2.24) is 9.97 Å². The number of rotatable bonds is 7. The van der Waals surface area contributed by atoms with E-state index in [-0.39, 0.29) is 6.10 Å². The Kier molecular flexibility index (Phi) is 5.76. The lowest BCUT2D eigenvalue weighted by atomic mass is 10.2. The summed E-state index contributed by atoms with van der Waals surface area (Å²) in [7, 11) is 1.65. The molecule has 3 rings (SSSR count). The monoisotopic (exact) mass is 364 g/mol. The number of aromatic nitrogens is 2. The lowest BCUT2D eigenvalue weighted by Crippen LogP contribution is -2.07. The number of aryl methyl sites for hydroxylation is 1. The van der Waals surface area contributed by atoms with Crippen molar-refractivity contribution in [1.29, 1.82) is 0 Å². The third-order valence-corrected chi connectivity index (χ3v) is 3.80. The first-order valence-electron chi connectivity index (χ1n) is 8.81. The van der Waals surface area contributed by atoms with Gasteiger partial charge in [-0.3, -0.25) is 0 Å². The molecule has 0 fully saturated rings. The number of ether oxygens (including phenoxy) is 2. The second kappa shape index (κ2) is 8.40. The van der Waals surface area contributed by atoms with Crippen molar-refractivity contribution in [3.8, 4) is 11.5 Å². The van der Waals surface area contributed by atoms with Crippen LogP contribution < -0.4 is 20.1 Å². The molecule has 6 nitrogen and oxygen atoms in total. The van der Waals surface area contributed by atoms with Gasteiger partial charge in [0.15, 0.2) is 0 Å². The minimum Gasteiger partial charge on any atom is -0.495 e. The highest BCUT2D eigenvalue weighted by atomic mass is 16.5. The highest BCUT2D eigenvalue weighted by molar-refractivity contribution is 5.69. The summed E-state index contributed by atoms with van der Waals surface area (Å²) < 4.78 is 11.3. The van der Waals surface area contributed by atoms with Gasteiger partial charge in [0, 0.05) is 6.07 Å². The third kappa shape index (κ3) is 4.88. The zero-order chi connectivity index (χ0) is 19.2. The molecule has 1 aromatic heterocycles. The van der Waals surface area contributed by atoms with Gasteiger partial charge in [-0.05, 0) is 50.6 Å². The molecular formula is C21H24N4O2. The number of benzene rings is 2. The van der Waals surface area contributed by atoms with Crippen molar-refractivity contribution < 1.29 is 9.47 Å². The third-order valence-electron chi connectivity index (χ3n) is 3.80. The van der Waals surface area contributed by atoms with Crippen LogP contribution in [0.2, 0.25) is 0 Å². The molecule has 140 valence electrons. The molecule has 0 aliphatic rings. The topological polar surface area (TPSA) is 68.3 Å². The Hall–Kier alpha value is -3.28. The number of methoxy groups -OCH3 is 1. The largest absolute Gasteiger partial charge is 0.495 e. The quantitative estimate of drug-likeness (QED) is 0.610. The van der Waals surface area contributed by atoms with E-state index in [9.17, 15) is 0 Å². The summed E-state index contributed by atoms with van der Waals surface area (Å²) in [6.45, 7) is 6.03. The van der Waals surface area contributed by atoms with Gasteiger partial charge in [-0.1, -0.05) is 18.2 Å². The molecule has 1 heterocycles. The Morgan fingerprint density at radius 2 is 1.56 bits per heavy atom. The maximum absolute atomic E-state index is 5.85. The second-order valence-electron chi connectivity index (χ2n) is 6.40. The normalized spacial score (nSPS) is 10.6. The Morgan fingerprint density at radius 3 is 2.26 bits per heavy atom. The summed E-state index contributed by atoms with van der Waals surface area (Å²) in [5, 5.41) is 6.59. The molecule has 2 N–H and O–H groups in total. The fourth-order valence-electron chi connectivity index (χ4n) is 2.62. The molecule has 0 aliphatic carbocycles. The lowest BCUT2D eigenvalue weighted by molar-refractivity contribution is 0.244. The summed E-state index contributed by atoms with van der Waals surface area (Å²) in [6, 6.07) is 15.6. The summed E-state index contributed by atoms with van der Waals surface area (Å²) in [5.74, 6) is 2.86. The predicted octanol–water partition coefficient (Wildman–Crippen LogP) is 5.07. The van der Waals surface area contributed by atoms with Crippen LogP contribution >= 0.6 is 0 Å². The van der Waals surface area contributed by atoms with E-state index >= 15 is 0 Å². The first-order valence-corrected chi connectivity index (χ1v) is 8.81. The smallest absolute Gasteiger partial charge is 0.143 e. The van der Waals surface area contributed by atoms with Crippen LogP contribution in [0.15, 0.2) is 54.9 Å². The van der Waals surface area contributed by atoms with E-state index in [2.05, 4.69) is 20.6 Å². The molecule has 3 aromatic rings. The minimum atomic E-state index is 0.0874. The van der Waals surface area contributed by atoms with Gasteiger partial charge in [-0.15, -0.1) is 0 Å². The Balaban J connectivity index is 1.82. The molecular weight excluding hydrogens is 340 g/mol. The Bertz CT molecular complexity index is 912. The average molecular weight is 364 g/mol. The van der Waals surface area contributed by atoms with Crippen molar-refractivity contribution in [2.45, 2.75) is 26.9 Å². The molecule has 0 amide bonds. The van der Waals surface area contributed by atoms with E-state index < -0.39 is 0 Å². The Labute approximate surface area is 159 Å². The van der Waals surface area contributed by atoms with E-state index in [1.807, 2.05) is 69.3 Å². The van der Waals surface area contributed by atoms with Gasteiger partial charge in [-0.2, -0.15) is 0 Å². The fourth-order valence-corrected chi connectivity index (χ4v) is 2.62. The molecule has 0 radical (unpaired) electrons. The van der Waals surface area contributed by atoms with E-state index in [1.54, 1.807) is 7.11 Å². The van der Waals surface area contributed by atoms with Crippen LogP contribution in [0.1, 0.15) is 19.4 Å². The van der Waals surface area contributed by atoms with Crippen LogP contribution in [0.3, 0.4) is 0 Å². The molecule has 0 bridgehead atoms. The molecule has 0 aliphatic heterocycles. The van der Waals surface area contributed by atoms with Gasteiger partial charge in [0.2, 0.25) is 0 Å². The number of anilines is 4. The Morgan fingerprint density at radius 1 is 0.852 bits per heavy atom. The SMILES string of the molecule is COc1ccc(C)cc1Nc1cc(Nc2ccccc2OC(C)C)ncn1. The predicted molar refractivity (Wildman–Crippen MR) is 109 cm³/mol. The zero-order valence-corrected chi connectivity index (χ0v) is 16.0. The second-order valence-corrected chi connectivity index (χ2v) is 6.40. The summed E-state index contributed by atoms with van der Waals surface area (Å²) in [6.07, 6.45) is 1.60. The van der Waals surface area contributed by atoms with Crippen LogP contribution in [-0.2, 0) is 0 Å². The molecule has 0 unspecified atom stereocenters. The maximum atomic E-state index is 5.85. The van der Waals surface area contributed by atoms with E-state index in [1.165, 1.54) is 6.33 Å². The van der Waals surface area contributed by atoms with Crippen molar-refractivity contribution in [2.24, 2.45) is 0 Å². The standard InChI is InChI=1S/C21H24N4O2/c1-14(2)27-19-8-6-5-7-16(19)24-20-12-21(23-13-22-20)25-17-11-15(3)9-10-18(17)26-4/h5-14H,1-4H3,(H2,22,23,24,25). The number of para-hydroxylation sites is 2. The van der Waals surface area contributed by atoms with E-state index in [0.717, 1.165) is 28.4 Å². The summed E-state index contributed by atoms with van der Waals surface area (Å²) in [4.78, 5) is 8.61. The van der Waals surface area contributed by atoms with Crippen molar-refractivity contribution in [3.05, 3.63) is 60.4 Å². The molecule has 2 aromatic carbocycles. The van der Waals surface area contributed by atoms with Crippen molar-refractivity contribution in [3.63, 3.8) is 0 Å². The number of nitrogens with one attached hydrogen (secondary N) is 2. The molecule has 0 saturated carbocycles. The van der Waals surface area contributed by atoms with Crippen LogP contribution in [0.25, 0.3) is 0 Å². The first-order chi connectivity index (χ1) is 13.0. The summed E-state index contributed by atoms with van der Waals surface area (Å²) in [5.41, 5.74) is 2.83. The molecule has 27 heavy (non-hydrogen) atoms. The molecule has 0 saturated heterocycles. The number of nitrogens with zero attached hydrogens (tertiary/aromatic N) is 2. The molecule has 0 atom stereocenters. The van der Waals surface area contributed by atoms with Crippen molar-refractivity contribution in [2.75, 3.05) is 17.7 Å². The lowest BCUT2D eigenvalue weighted by Gasteiger charge is -2.15. The van der Waals surface area contributed by atoms with Crippen LogP contribution in [0.5, 0.6) is 11.5 Å². The van der Waals surface area contributed by atoms with Crippen LogP contribution in [0.4, 0.5) is 23.0 Å². The highest BCUT2D eigenvalue weighted by Crippen LogP contribution is 2.30. The van der Waals surface area contributed by atoms with Crippen LogP contribution in [0, 0.1) is 6.92 Å². The number of hydrogen-bond donors (Lipinski definition) is 2. The zero-order valence-electron chi connectivity index (χ0n) is 16.0. The summed E-state index contributed by atoms with van der Waals surface area (Å²) >= 11 is 0. The van der Waals surface area contributed by atoms with E-state index in [0.29, 0.717) is 11.6 Å². The van der Waals surface area contributed by atoms with Crippen molar-refractivity contribution >= 4 is 23.0 Å². The van der Waals surface area contributed by atoms with Gasteiger partial charge < -0.3 is 20.1 Å². The molecule has 0 spiro atoms. The van der Waals surface area contributed by atoms with E-state index in [4.69, 9.17) is 9.47 Å². The minimum absolute atomic E-state index is 0.0874. The highest BCUT2D eigenvalue weighted by Gasteiger charge is 2.08. The van der Waals surface area contributed by atoms with Gasteiger partial charge >= 0.3 is 0 Å². The first kappa shape index (κ1) is 18.5. The maximum Gasteiger partial charge on any atom is 0.143 e. The van der Waals surface area contributed by atoms with Gasteiger partial charge in [0.05, 0.1) is 24.6 Å². The van der Waals surface area contributed by atoms with Gasteiger partial charge in [0.25, 0.3) is 0 Å². The van der Waals surface area contributed by atoms with Gasteiger partial charge in [0.1, 0.15) is 29.5 Å².